The van der Waals surface area contributed by atoms with Crippen LogP contribution in [0.5, 0.6) is 17.2 Å². The third-order valence-electron chi connectivity index (χ3n) is 3.70. The number of anilines is 1. The van der Waals surface area contributed by atoms with Gasteiger partial charge in [0.05, 0.1) is 23.9 Å². The van der Waals surface area contributed by atoms with E-state index in [1.165, 1.54) is 37.4 Å². The number of nitrogen functional groups attached to an aromatic ring is 1. The van der Waals surface area contributed by atoms with Gasteiger partial charge in [-0.05, 0) is 54.6 Å². The Morgan fingerprint density at radius 1 is 0.778 bits per heavy atom. The van der Waals surface area contributed by atoms with Crippen molar-refractivity contribution < 1.29 is 23.8 Å². The molecule has 0 heterocycles. The summed E-state index contributed by atoms with van der Waals surface area (Å²) in [6.45, 7) is 0. The van der Waals surface area contributed by atoms with Crippen molar-refractivity contribution in [3.63, 3.8) is 0 Å². The van der Waals surface area contributed by atoms with Gasteiger partial charge in [-0.2, -0.15) is 0 Å². The smallest absolute Gasteiger partial charge is 0.343 e. The minimum absolute atomic E-state index is 0.282. The summed E-state index contributed by atoms with van der Waals surface area (Å²) in [7, 11) is 1.30. The number of hydrogen-bond acceptors (Lipinski definition) is 6. The van der Waals surface area contributed by atoms with E-state index in [1.54, 1.807) is 24.3 Å². The molecule has 0 saturated heterocycles. The second kappa shape index (κ2) is 8.05. The summed E-state index contributed by atoms with van der Waals surface area (Å²) >= 11 is 0. The van der Waals surface area contributed by atoms with E-state index in [4.69, 9.17) is 15.2 Å². The van der Waals surface area contributed by atoms with Gasteiger partial charge in [-0.3, -0.25) is 0 Å². The van der Waals surface area contributed by atoms with Crippen LogP contribution >= 0.6 is 0 Å². The number of esters is 2. The van der Waals surface area contributed by atoms with E-state index in [0.29, 0.717) is 28.5 Å². The van der Waals surface area contributed by atoms with Crippen molar-refractivity contribution in [1.82, 2.24) is 0 Å². The summed E-state index contributed by atoms with van der Waals surface area (Å²) in [5, 5.41) is 0. The van der Waals surface area contributed by atoms with E-state index in [0.717, 1.165) is 0 Å². The molecule has 3 aromatic rings. The fourth-order valence-corrected chi connectivity index (χ4v) is 2.33. The highest BCUT2D eigenvalue weighted by molar-refractivity contribution is 5.93. The zero-order valence-electron chi connectivity index (χ0n) is 14.5. The fourth-order valence-electron chi connectivity index (χ4n) is 2.33. The van der Waals surface area contributed by atoms with Crippen molar-refractivity contribution >= 4 is 17.6 Å². The molecule has 0 amide bonds. The Morgan fingerprint density at radius 2 is 1.44 bits per heavy atom. The van der Waals surface area contributed by atoms with E-state index < -0.39 is 11.9 Å². The number of nitrogens with two attached hydrogens (primary N) is 1. The van der Waals surface area contributed by atoms with Gasteiger partial charge in [0.1, 0.15) is 17.2 Å². The van der Waals surface area contributed by atoms with Crippen molar-refractivity contribution in [1.29, 1.82) is 0 Å². The van der Waals surface area contributed by atoms with Crippen LogP contribution in [0.4, 0.5) is 5.69 Å². The average molecular weight is 363 g/mol. The maximum atomic E-state index is 12.3. The Kier molecular flexibility index (Phi) is 5.37. The topological polar surface area (TPSA) is 87.8 Å². The van der Waals surface area contributed by atoms with Crippen LogP contribution in [0.3, 0.4) is 0 Å². The van der Waals surface area contributed by atoms with E-state index in [2.05, 4.69) is 4.74 Å². The van der Waals surface area contributed by atoms with Crippen LogP contribution in [0, 0.1) is 0 Å². The molecule has 0 atom stereocenters. The predicted molar refractivity (Wildman–Crippen MR) is 100 cm³/mol. The monoisotopic (exact) mass is 363 g/mol. The molecule has 136 valence electrons. The van der Waals surface area contributed by atoms with Gasteiger partial charge in [0.15, 0.2) is 0 Å². The van der Waals surface area contributed by atoms with Crippen molar-refractivity contribution in [3.8, 4) is 17.2 Å². The van der Waals surface area contributed by atoms with Crippen LogP contribution in [0.25, 0.3) is 0 Å². The lowest BCUT2D eigenvalue weighted by atomic mass is 10.2. The van der Waals surface area contributed by atoms with Crippen molar-refractivity contribution in [3.05, 3.63) is 83.9 Å². The summed E-state index contributed by atoms with van der Waals surface area (Å²) in [4.78, 5) is 23.7. The lowest BCUT2D eigenvalue weighted by Gasteiger charge is -2.10. The Morgan fingerprint density at radius 3 is 2.07 bits per heavy atom. The van der Waals surface area contributed by atoms with Crippen LogP contribution in [0.2, 0.25) is 0 Å². The molecular formula is C21H17NO5. The molecule has 6 heteroatoms. The molecule has 0 aliphatic rings. The van der Waals surface area contributed by atoms with E-state index >= 15 is 0 Å². The zero-order chi connectivity index (χ0) is 19.2. The Hall–Kier alpha value is -3.80. The quantitative estimate of drug-likeness (QED) is 0.418. The predicted octanol–water partition coefficient (Wildman–Crippen LogP) is 4.07. The van der Waals surface area contributed by atoms with E-state index in [1.807, 2.05) is 18.2 Å². The lowest BCUT2D eigenvalue weighted by Crippen LogP contribution is -2.09. The molecule has 27 heavy (non-hydrogen) atoms. The average Bonchev–Trinajstić information content (AvgIpc) is 2.70. The highest BCUT2D eigenvalue weighted by Crippen LogP contribution is 2.28. The number of benzene rings is 3. The molecule has 0 radical (unpaired) electrons. The molecule has 0 fully saturated rings. The molecule has 0 saturated carbocycles. The van der Waals surface area contributed by atoms with Crippen molar-refractivity contribution in [2.45, 2.75) is 0 Å². The van der Waals surface area contributed by atoms with Crippen LogP contribution in [-0.4, -0.2) is 19.0 Å². The first-order valence-electron chi connectivity index (χ1n) is 8.10. The molecule has 0 aliphatic carbocycles. The Labute approximate surface area is 156 Å². The fraction of sp³-hybridized carbons (Fsp3) is 0.0476. The molecule has 6 nitrogen and oxygen atoms in total. The van der Waals surface area contributed by atoms with E-state index in [9.17, 15) is 9.59 Å². The maximum Gasteiger partial charge on any atom is 0.343 e. The second-order valence-electron chi connectivity index (χ2n) is 5.57. The molecule has 3 aromatic carbocycles. The zero-order valence-corrected chi connectivity index (χ0v) is 14.5. The van der Waals surface area contributed by atoms with Gasteiger partial charge >= 0.3 is 11.9 Å². The Bertz CT molecular complexity index is 952. The number of para-hydroxylation sites is 1. The summed E-state index contributed by atoms with van der Waals surface area (Å²) in [6.07, 6.45) is 0. The summed E-state index contributed by atoms with van der Waals surface area (Å²) < 4.78 is 15.6. The highest BCUT2D eigenvalue weighted by Gasteiger charge is 2.13. The van der Waals surface area contributed by atoms with Gasteiger partial charge in [-0.25, -0.2) is 9.59 Å². The number of methoxy groups -OCH3 is 1. The summed E-state index contributed by atoms with van der Waals surface area (Å²) in [6, 6.07) is 19.9. The number of carbonyl (C=O) groups excluding carboxylic acids is 2. The van der Waals surface area contributed by atoms with Crippen molar-refractivity contribution in [2.24, 2.45) is 0 Å². The number of carbonyl (C=O) groups is 2. The number of hydrogen-bond donors (Lipinski definition) is 1. The molecule has 0 spiro atoms. The Balaban J connectivity index is 1.70. The standard InChI is InChI=1S/C21H17NO5/c1-25-20(23)14-7-10-17(11-8-14)27-21(24)15-9-12-19(18(22)13-15)26-16-5-3-2-4-6-16/h2-13H,22H2,1H3. The first-order chi connectivity index (χ1) is 13.1. The minimum Gasteiger partial charge on any atom is -0.465 e. The SMILES string of the molecule is COC(=O)c1ccc(OC(=O)c2ccc(Oc3ccccc3)c(N)c2)cc1. The van der Waals surface area contributed by atoms with Gasteiger partial charge in [0.2, 0.25) is 0 Å². The lowest BCUT2D eigenvalue weighted by molar-refractivity contribution is 0.0600. The molecule has 0 aliphatic heterocycles. The molecule has 2 N–H and O–H groups in total. The maximum absolute atomic E-state index is 12.3. The first-order valence-corrected chi connectivity index (χ1v) is 8.10. The van der Waals surface area contributed by atoms with Gasteiger partial charge < -0.3 is 19.9 Å². The first kappa shape index (κ1) is 18.0. The van der Waals surface area contributed by atoms with Crippen LogP contribution in [0.1, 0.15) is 20.7 Å². The molecular weight excluding hydrogens is 346 g/mol. The highest BCUT2D eigenvalue weighted by atomic mass is 16.5. The molecule has 0 unspecified atom stereocenters. The van der Waals surface area contributed by atoms with Crippen LogP contribution in [-0.2, 0) is 4.74 Å². The van der Waals surface area contributed by atoms with Gasteiger partial charge in [0, 0.05) is 0 Å². The van der Waals surface area contributed by atoms with Crippen molar-refractivity contribution in [2.75, 3.05) is 12.8 Å². The van der Waals surface area contributed by atoms with E-state index in [-0.39, 0.29) is 5.56 Å². The third-order valence-corrected chi connectivity index (χ3v) is 3.70. The van der Waals surface area contributed by atoms with Gasteiger partial charge in [-0.15, -0.1) is 0 Å². The van der Waals surface area contributed by atoms with Gasteiger partial charge in [-0.1, -0.05) is 18.2 Å². The third kappa shape index (κ3) is 4.43. The number of ether oxygens (including phenoxy) is 3. The molecule has 0 aromatic heterocycles. The largest absolute Gasteiger partial charge is 0.465 e. The van der Waals surface area contributed by atoms with Crippen LogP contribution in [0.15, 0.2) is 72.8 Å². The van der Waals surface area contributed by atoms with Crippen LogP contribution < -0.4 is 15.2 Å². The summed E-state index contributed by atoms with van der Waals surface area (Å²) in [5.74, 6) is 0.356. The molecule has 0 bridgehead atoms. The van der Waals surface area contributed by atoms with Gasteiger partial charge in [0.25, 0.3) is 0 Å². The minimum atomic E-state index is -0.571. The number of rotatable bonds is 5. The second-order valence-corrected chi connectivity index (χ2v) is 5.57. The normalized spacial score (nSPS) is 10.1. The summed E-state index contributed by atoms with van der Waals surface area (Å²) in [5.41, 5.74) is 6.95. The molecule has 3 rings (SSSR count).